The van der Waals surface area contributed by atoms with Crippen molar-refractivity contribution in [2.45, 2.75) is 31.9 Å². The van der Waals surface area contributed by atoms with Crippen molar-refractivity contribution in [3.05, 3.63) is 87.7 Å². The summed E-state index contributed by atoms with van der Waals surface area (Å²) in [6, 6.07) is 17.1. The van der Waals surface area contributed by atoms with Crippen LogP contribution in [-0.4, -0.2) is 72.7 Å². The van der Waals surface area contributed by atoms with Gasteiger partial charge in [0.1, 0.15) is 11.4 Å². The Morgan fingerprint density at radius 3 is 2.49 bits per heavy atom. The Hall–Kier alpha value is -2.84. The average molecular weight is 572 g/mol. The number of anilines is 1. The Kier molecular flexibility index (Phi) is 9.39. The van der Waals surface area contributed by atoms with E-state index in [0.29, 0.717) is 47.5 Å². The number of aromatic nitrogens is 1. The van der Waals surface area contributed by atoms with Crippen molar-refractivity contribution < 1.29 is 14.6 Å². The van der Waals surface area contributed by atoms with Gasteiger partial charge in [-0.3, -0.25) is 14.7 Å². The van der Waals surface area contributed by atoms with Gasteiger partial charge < -0.3 is 19.6 Å². The molecule has 0 saturated carbocycles. The number of hydrogen-bond acceptors (Lipinski definition) is 6. The van der Waals surface area contributed by atoms with Crippen molar-refractivity contribution >= 4 is 34.8 Å². The molecule has 0 radical (unpaired) electrons. The first-order valence-corrected chi connectivity index (χ1v) is 13.9. The molecule has 1 aliphatic heterocycles. The third kappa shape index (κ3) is 7.03. The highest BCUT2D eigenvalue weighted by Crippen LogP contribution is 2.38. The number of hydrogen-bond donors (Lipinski definition) is 1. The van der Waals surface area contributed by atoms with E-state index in [4.69, 9.17) is 27.9 Å². The maximum Gasteiger partial charge on any atom is 0.254 e. The first kappa shape index (κ1) is 29.2. The molecule has 0 spiro atoms. The van der Waals surface area contributed by atoms with Crippen molar-refractivity contribution in [3.63, 3.8) is 0 Å². The molecule has 2 atom stereocenters. The molecule has 2 heterocycles. The van der Waals surface area contributed by atoms with Gasteiger partial charge in [-0.15, -0.1) is 0 Å². The maximum atomic E-state index is 12.2. The molecule has 7 nitrogen and oxygen atoms in total. The van der Waals surface area contributed by atoms with E-state index >= 15 is 0 Å². The van der Waals surface area contributed by atoms with Crippen LogP contribution in [0.1, 0.15) is 47.9 Å². The fourth-order valence-corrected chi connectivity index (χ4v) is 5.29. The molecule has 1 amide bonds. The van der Waals surface area contributed by atoms with Gasteiger partial charge in [-0.2, -0.15) is 0 Å². The van der Waals surface area contributed by atoms with Crippen LogP contribution in [0.4, 0.5) is 5.69 Å². The number of pyridine rings is 1. The number of nitrogens with zero attached hydrogens (tertiary/aromatic N) is 4. The minimum atomic E-state index is -1.21. The van der Waals surface area contributed by atoms with Gasteiger partial charge in [-0.1, -0.05) is 42.3 Å². The zero-order valence-electron chi connectivity index (χ0n) is 22.9. The van der Waals surface area contributed by atoms with Crippen molar-refractivity contribution in [1.82, 2.24) is 14.8 Å². The molecule has 1 aliphatic rings. The van der Waals surface area contributed by atoms with Crippen LogP contribution < -0.4 is 9.64 Å². The first-order valence-electron chi connectivity index (χ1n) is 13.2. The molecule has 0 aliphatic carbocycles. The lowest BCUT2D eigenvalue weighted by atomic mass is 9.97. The topological polar surface area (TPSA) is 69.1 Å². The Morgan fingerprint density at radius 1 is 1.13 bits per heavy atom. The molecule has 1 fully saturated rings. The van der Waals surface area contributed by atoms with Crippen LogP contribution in [0.25, 0.3) is 0 Å². The summed E-state index contributed by atoms with van der Waals surface area (Å²) in [5.41, 5.74) is 1.85. The van der Waals surface area contributed by atoms with E-state index < -0.39 is 5.60 Å². The summed E-state index contributed by atoms with van der Waals surface area (Å²) < 4.78 is 5.77. The number of aliphatic hydroxyl groups is 1. The molecule has 9 heteroatoms. The molecule has 1 aromatic heterocycles. The summed E-state index contributed by atoms with van der Waals surface area (Å²) in [5.74, 6) is 0.633. The predicted octanol–water partition coefficient (Wildman–Crippen LogP) is 5.65. The van der Waals surface area contributed by atoms with Crippen LogP contribution in [0.15, 0.2) is 60.8 Å². The number of amides is 1. The van der Waals surface area contributed by atoms with E-state index in [-0.39, 0.29) is 11.9 Å². The van der Waals surface area contributed by atoms with Crippen LogP contribution in [-0.2, 0) is 5.60 Å². The molecular formula is C30H36Cl2N4O3. The third-order valence-corrected chi connectivity index (χ3v) is 7.48. The fourth-order valence-electron chi connectivity index (χ4n) is 4.89. The van der Waals surface area contributed by atoms with E-state index in [1.54, 1.807) is 33.2 Å². The average Bonchev–Trinajstić information content (AvgIpc) is 2.92. The van der Waals surface area contributed by atoms with Gasteiger partial charge in [0.25, 0.3) is 5.91 Å². The van der Waals surface area contributed by atoms with E-state index in [2.05, 4.69) is 21.7 Å². The van der Waals surface area contributed by atoms with Crippen molar-refractivity contribution in [3.8, 4) is 5.75 Å². The first-order chi connectivity index (χ1) is 18.6. The zero-order chi connectivity index (χ0) is 28.2. The number of piperazine rings is 1. The van der Waals surface area contributed by atoms with Gasteiger partial charge in [0, 0.05) is 57.6 Å². The smallest absolute Gasteiger partial charge is 0.254 e. The second-order valence-electron chi connectivity index (χ2n) is 10.4. The second-order valence-corrected chi connectivity index (χ2v) is 11.2. The molecule has 39 heavy (non-hydrogen) atoms. The molecule has 3 aromatic rings. The molecule has 0 unspecified atom stereocenters. The SMILES string of the molecule is CCCOc1ccc(N2CCN(C[C@@](C)(O)c3ccc(C(=O)N(C)C)cn3)C[C@H]2c2ccc(Cl)cc2)c(Cl)c1. The van der Waals surface area contributed by atoms with Gasteiger partial charge in [0.15, 0.2) is 0 Å². The lowest BCUT2D eigenvalue weighted by Crippen LogP contribution is -2.52. The van der Waals surface area contributed by atoms with Gasteiger partial charge in [-0.05, 0) is 55.3 Å². The quantitative estimate of drug-likeness (QED) is 0.358. The molecule has 208 valence electrons. The van der Waals surface area contributed by atoms with Gasteiger partial charge >= 0.3 is 0 Å². The van der Waals surface area contributed by atoms with Gasteiger partial charge in [0.2, 0.25) is 0 Å². The number of carbonyl (C=O) groups excluding carboxylic acids is 1. The highest BCUT2D eigenvalue weighted by Gasteiger charge is 2.34. The fraction of sp³-hybridized carbons (Fsp3) is 0.400. The lowest BCUT2D eigenvalue weighted by molar-refractivity contribution is 0.00673. The molecular weight excluding hydrogens is 535 g/mol. The van der Waals surface area contributed by atoms with Crippen molar-refractivity contribution in [2.75, 3.05) is 51.8 Å². The third-order valence-electron chi connectivity index (χ3n) is 6.92. The number of rotatable bonds is 9. The zero-order valence-corrected chi connectivity index (χ0v) is 24.4. The molecule has 0 bridgehead atoms. The number of β-amino-alcohol motifs (C(OH)–C–C–N with tert-alkyl or cyclic N) is 1. The Labute approximate surface area is 240 Å². The van der Waals surface area contributed by atoms with Crippen LogP contribution >= 0.6 is 23.2 Å². The largest absolute Gasteiger partial charge is 0.494 e. The number of carbonyl (C=O) groups is 1. The standard InChI is InChI=1S/C30H36Cl2N4O3/c1-5-16-39-24-11-12-26(25(32)17-24)36-15-14-35(19-27(36)21-6-9-23(31)10-7-21)20-30(2,38)28-13-8-22(18-33-28)29(37)34(3)4/h6-13,17-18,27,38H,5,14-16,19-20H2,1-4H3/t27-,30+/m0/s1. The van der Waals surface area contributed by atoms with Crippen LogP contribution in [0.5, 0.6) is 5.75 Å². The number of halogens is 2. The molecule has 2 aromatic carbocycles. The summed E-state index contributed by atoms with van der Waals surface area (Å²) in [7, 11) is 3.40. The Balaban J connectivity index is 1.55. The summed E-state index contributed by atoms with van der Waals surface area (Å²) in [6.07, 6.45) is 2.45. The second kappa shape index (κ2) is 12.6. The van der Waals surface area contributed by atoms with Crippen molar-refractivity contribution in [2.24, 2.45) is 0 Å². The minimum absolute atomic E-state index is 0.0141. The number of benzene rings is 2. The normalized spacial score (nSPS) is 17.5. The van der Waals surface area contributed by atoms with E-state index in [0.717, 1.165) is 30.0 Å². The van der Waals surface area contributed by atoms with Crippen LogP contribution in [0.3, 0.4) is 0 Å². The number of ether oxygens (including phenoxy) is 1. The monoisotopic (exact) mass is 570 g/mol. The van der Waals surface area contributed by atoms with E-state index in [9.17, 15) is 9.90 Å². The predicted molar refractivity (Wildman–Crippen MR) is 157 cm³/mol. The Morgan fingerprint density at radius 2 is 1.87 bits per heavy atom. The summed E-state index contributed by atoms with van der Waals surface area (Å²) in [6.45, 7) is 6.96. The van der Waals surface area contributed by atoms with E-state index in [1.165, 1.54) is 11.1 Å². The van der Waals surface area contributed by atoms with Crippen molar-refractivity contribution in [1.29, 1.82) is 0 Å². The maximum absolute atomic E-state index is 12.2. The van der Waals surface area contributed by atoms with E-state index in [1.807, 2.05) is 42.5 Å². The lowest BCUT2D eigenvalue weighted by Gasteiger charge is -2.45. The van der Waals surface area contributed by atoms with Crippen LogP contribution in [0, 0.1) is 0 Å². The summed E-state index contributed by atoms with van der Waals surface area (Å²) in [4.78, 5) is 22.7. The highest BCUT2D eigenvalue weighted by molar-refractivity contribution is 6.33. The molecule has 1 N–H and O–H groups in total. The molecule has 1 saturated heterocycles. The minimum Gasteiger partial charge on any atom is -0.494 e. The van der Waals surface area contributed by atoms with Crippen LogP contribution in [0.2, 0.25) is 10.0 Å². The summed E-state index contributed by atoms with van der Waals surface area (Å²) in [5, 5.41) is 12.8. The summed E-state index contributed by atoms with van der Waals surface area (Å²) >= 11 is 13.0. The van der Waals surface area contributed by atoms with Gasteiger partial charge in [0.05, 0.1) is 34.6 Å². The van der Waals surface area contributed by atoms with Gasteiger partial charge in [-0.25, -0.2) is 0 Å². The Bertz CT molecular complexity index is 1270. The highest BCUT2D eigenvalue weighted by atomic mass is 35.5. The molecule has 4 rings (SSSR count).